The molecule has 2 heterocycles. The highest BCUT2D eigenvalue weighted by Crippen LogP contribution is 2.27. The highest BCUT2D eigenvalue weighted by Gasteiger charge is 2.10. The molecule has 4 rings (SSSR count). The van der Waals surface area contributed by atoms with Crippen LogP contribution in [0.3, 0.4) is 0 Å². The van der Waals surface area contributed by atoms with Gasteiger partial charge in [0.1, 0.15) is 22.8 Å². The van der Waals surface area contributed by atoms with Crippen LogP contribution in [-0.4, -0.2) is 36.2 Å². The van der Waals surface area contributed by atoms with Gasteiger partial charge in [-0.15, -0.1) is 0 Å². The number of aromatic hydroxyl groups is 1. The van der Waals surface area contributed by atoms with Crippen LogP contribution >= 0.6 is 0 Å². The average Bonchev–Trinajstić information content (AvgIpc) is 2.72. The molecule has 1 saturated heterocycles. The summed E-state index contributed by atoms with van der Waals surface area (Å²) in [5, 5.41) is 10.1. The first-order valence-electron chi connectivity index (χ1n) is 9.91. The quantitative estimate of drug-likeness (QED) is 0.643. The largest absolute Gasteiger partial charge is 0.508 e. The Bertz CT molecular complexity index is 1000. The lowest BCUT2D eigenvalue weighted by atomic mass is 10.1. The van der Waals surface area contributed by atoms with E-state index in [1.165, 1.54) is 50.6 Å². The monoisotopic (exact) mass is 379 g/mol. The Kier molecular flexibility index (Phi) is 5.63. The van der Waals surface area contributed by atoms with E-state index in [-0.39, 0.29) is 11.2 Å². The van der Waals surface area contributed by atoms with Crippen molar-refractivity contribution in [1.82, 2.24) is 4.90 Å². The molecule has 0 spiro atoms. The van der Waals surface area contributed by atoms with Gasteiger partial charge in [-0.3, -0.25) is 4.79 Å². The molecule has 0 amide bonds. The Morgan fingerprint density at radius 2 is 1.89 bits per heavy atom. The summed E-state index contributed by atoms with van der Waals surface area (Å²) in [6.07, 6.45) is 4.95. The number of phenolic OH excluding ortho intramolecular Hbond substituents is 1. The minimum Gasteiger partial charge on any atom is -0.508 e. The zero-order valence-electron chi connectivity index (χ0n) is 15.9. The van der Waals surface area contributed by atoms with Crippen molar-refractivity contribution in [3.63, 3.8) is 0 Å². The second kappa shape index (κ2) is 8.48. The first-order chi connectivity index (χ1) is 13.7. The van der Waals surface area contributed by atoms with Gasteiger partial charge in [0.05, 0.1) is 12.0 Å². The van der Waals surface area contributed by atoms with Crippen LogP contribution in [0.15, 0.2) is 57.7 Å². The molecule has 0 aliphatic carbocycles. The van der Waals surface area contributed by atoms with E-state index in [1.54, 1.807) is 6.07 Å². The highest BCUT2D eigenvalue weighted by molar-refractivity contribution is 5.80. The lowest BCUT2D eigenvalue weighted by Gasteiger charge is -2.26. The normalized spacial score (nSPS) is 15.0. The molecular formula is C23H25NO4. The van der Waals surface area contributed by atoms with Gasteiger partial charge in [0.25, 0.3) is 0 Å². The van der Waals surface area contributed by atoms with Crippen LogP contribution in [0.5, 0.6) is 11.5 Å². The zero-order valence-corrected chi connectivity index (χ0v) is 15.9. The summed E-state index contributed by atoms with van der Waals surface area (Å²) >= 11 is 0. The highest BCUT2D eigenvalue weighted by atomic mass is 16.5. The van der Waals surface area contributed by atoms with Crippen molar-refractivity contribution in [3.05, 3.63) is 58.8 Å². The molecule has 5 nitrogen and oxygen atoms in total. The third-order valence-corrected chi connectivity index (χ3v) is 5.17. The van der Waals surface area contributed by atoms with Crippen LogP contribution in [0.2, 0.25) is 0 Å². The maximum absolute atomic E-state index is 12.4. The molecule has 1 aliphatic rings. The van der Waals surface area contributed by atoms with Crippen LogP contribution in [0.4, 0.5) is 0 Å². The zero-order chi connectivity index (χ0) is 19.3. The smallest absolute Gasteiger partial charge is 0.193 e. The van der Waals surface area contributed by atoms with Crippen LogP contribution in [0.25, 0.3) is 22.3 Å². The second-order valence-corrected chi connectivity index (χ2v) is 7.29. The maximum Gasteiger partial charge on any atom is 0.193 e. The fourth-order valence-electron chi connectivity index (χ4n) is 3.69. The van der Waals surface area contributed by atoms with Crippen molar-refractivity contribution in [2.24, 2.45) is 0 Å². The molecule has 2 aromatic carbocycles. The van der Waals surface area contributed by atoms with Gasteiger partial charge in [0.15, 0.2) is 5.43 Å². The fraction of sp³-hybridized carbons (Fsp3) is 0.348. The van der Waals surface area contributed by atoms with Crippen LogP contribution < -0.4 is 10.2 Å². The number of nitrogens with zero attached hydrogens (tertiary/aromatic N) is 1. The van der Waals surface area contributed by atoms with E-state index in [0.717, 1.165) is 24.3 Å². The van der Waals surface area contributed by atoms with Crippen molar-refractivity contribution >= 4 is 11.0 Å². The van der Waals surface area contributed by atoms with Crippen LogP contribution in [-0.2, 0) is 0 Å². The molecule has 0 unspecified atom stereocenters. The molecule has 146 valence electrons. The molecule has 1 N–H and O–H groups in total. The number of phenols is 1. The molecule has 0 bridgehead atoms. The van der Waals surface area contributed by atoms with E-state index >= 15 is 0 Å². The molecule has 1 fully saturated rings. The summed E-state index contributed by atoms with van der Waals surface area (Å²) in [7, 11) is 0. The summed E-state index contributed by atoms with van der Waals surface area (Å²) < 4.78 is 11.8. The molecule has 0 saturated carbocycles. The minimum absolute atomic E-state index is 0.0681. The van der Waals surface area contributed by atoms with E-state index in [1.807, 2.05) is 24.3 Å². The second-order valence-electron chi connectivity index (χ2n) is 7.29. The third kappa shape index (κ3) is 4.37. The summed E-state index contributed by atoms with van der Waals surface area (Å²) in [6.45, 7) is 4.14. The van der Waals surface area contributed by atoms with Crippen LogP contribution in [0, 0.1) is 0 Å². The van der Waals surface area contributed by atoms with Gasteiger partial charge in [0.2, 0.25) is 0 Å². The van der Waals surface area contributed by atoms with Gasteiger partial charge in [0, 0.05) is 24.2 Å². The van der Waals surface area contributed by atoms with E-state index in [9.17, 15) is 9.90 Å². The average molecular weight is 379 g/mol. The Labute approximate surface area is 164 Å². The predicted molar refractivity (Wildman–Crippen MR) is 110 cm³/mol. The standard InChI is InChI=1S/C23H25NO4/c25-18-8-9-20-21(26)16-22(28-23(20)15-18)17-6-4-7-19(14-17)27-13-5-12-24-10-2-1-3-11-24/h4,6-9,14-16,25H,1-3,5,10-13H2. The molecular weight excluding hydrogens is 354 g/mol. The fourth-order valence-corrected chi connectivity index (χ4v) is 3.69. The molecule has 1 aromatic heterocycles. The van der Waals surface area contributed by atoms with Crippen LogP contribution in [0.1, 0.15) is 25.7 Å². The number of hydrogen-bond donors (Lipinski definition) is 1. The van der Waals surface area contributed by atoms with Gasteiger partial charge >= 0.3 is 0 Å². The van der Waals surface area contributed by atoms with E-state index < -0.39 is 0 Å². The van der Waals surface area contributed by atoms with E-state index in [4.69, 9.17) is 9.15 Å². The topological polar surface area (TPSA) is 62.9 Å². The van der Waals surface area contributed by atoms with Gasteiger partial charge in [-0.05, 0) is 56.6 Å². The van der Waals surface area contributed by atoms with Gasteiger partial charge in [-0.2, -0.15) is 0 Å². The summed E-state index contributed by atoms with van der Waals surface area (Å²) in [6, 6.07) is 13.6. The third-order valence-electron chi connectivity index (χ3n) is 5.17. The summed E-state index contributed by atoms with van der Waals surface area (Å²) in [4.78, 5) is 14.9. The van der Waals surface area contributed by atoms with Crippen molar-refractivity contribution in [2.75, 3.05) is 26.2 Å². The summed E-state index contributed by atoms with van der Waals surface area (Å²) in [5.41, 5.74) is 1.01. The molecule has 3 aromatic rings. The molecule has 5 heteroatoms. The number of piperidine rings is 1. The van der Waals surface area contributed by atoms with Gasteiger partial charge in [-0.25, -0.2) is 0 Å². The van der Waals surface area contributed by atoms with Crippen molar-refractivity contribution in [2.45, 2.75) is 25.7 Å². The predicted octanol–water partition coefficient (Wildman–Crippen LogP) is 4.42. The van der Waals surface area contributed by atoms with Gasteiger partial charge < -0.3 is 19.2 Å². The first-order valence-corrected chi connectivity index (χ1v) is 9.91. The first kappa shape index (κ1) is 18.6. The number of benzene rings is 2. The van der Waals surface area contributed by atoms with Crippen molar-refractivity contribution in [1.29, 1.82) is 0 Å². The summed E-state index contributed by atoms with van der Waals surface area (Å²) in [5.74, 6) is 1.29. The minimum atomic E-state index is -0.135. The van der Waals surface area contributed by atoms with Gasteiger partial charge in [-0.1, -0.05) is 18.6 Å². The molecule has 0 atom stereocenters. The van der Waals surface area contributed by atoms with E-state index in [0.29, 0.717) is 23.3 Å². The number of ether oxygens (including phenoxy) is 1. The molecule has 1 aliphatic heterocycles. The number of rotatable bonds is 6. The van der Waals surface area contributed by atoms with E-state index in [2.05, 4.69) is 4.90 Å². The van der Waals surface area contributed by atoms with Crippen molar-refractivity contribution in [3.8, 4) is 22.8 Å². The number of hydrogen-bond acceptors (Lipinski definition) is 5. The Morgan fingerprint density at radius 3 is 2.75 bits per heavy atom. The molecule has 28 heavy (non-hydrogen) atoms. The lowest BCUT2D eigenvalue weighted by molar-refractivity contribution is 0.205. The number of fused-ring (bicyclic) bond motifs is 1. The number of likely N-dealkylation sites (tertiary alicyclic amines) is 1. The lowest BCUT2D eigenvalue weighted by Crippen LogP contribution is -2.31. The SMILES string of the molecule is O=c1cc(-c2cccc(OCCCN3CCCCC3)c2)oc2cc(O)ccc12. The Hall–Kier alpha value is -2.79. The Morgan fingerprint density at radius 1 is 1.04 bits per heavy atom. The Balaban J connectivity index is 1.44. The molecule has 0 radical (unpaired) electrons. The maximum atomic E-state index is 12.4. The van der Waals surface area contributed by atoms with Crippen molar-refractivity contribution < 1.29 is 14.3 Å².